The molecule has 2 rings (SSSR count). The average molecular weight is 324 g/mol. The second-order valence-corrected chi connectivity index (χ2v) is 7.92. The number of nitrogens with two attached hydrogens (primary N) is 1. The van der Waals surface area contributed by atoms with E-state index >= 15 is 0 Å². The van der Waals surface area contributed by atoms with Gasteiger partial charge in [-0.05, 0) is 38.3 Å². The molecule has 1 aromatic carbocycles. The fourth-order valence-corrected chi connectivity index (χ4v) is 3.12. The summed E-state index contributed by atoms with van der Waals surface area (Å²) in [4.78, 5) is 12.9. The van der Waals surface area contributed by atoms with Gasteiger partial charge in [0.1, 0.15) is 10.6 Å². The molecule has 21 heavy (non-hydrogen) atoms. The Balaban J connectivity index is 2.25. The summed E-state index contributed by atoms with van der Waals surface area (Å²) < 4.78 is 6.16. The monoisotopic (exact) mass is 324 g/mol. The summed E-state index contributed by atoms with van der Waals surface area (Å²) in [7, 11) is 1.62. The van der Waals surface area contributed by atoms with E-state index in [9.17, 15) is 4.79 Å². The van der Waals surface area contributed by atoms with Crippen LogP contribution in [0, 0.1) is 0 Å². The maximum absolute atomic E-state index is 12.3. The van der Waals surface area contributed by atoms with E-state index in [0.717, 1.165) is 15.8 Å². The number of anilines is 1. The first-order chi connectivity index (χ1) is 9.88. The molecule has 0 unspecified atom stereocenters. The van der Waals surface area contributed by atoms with Gasteiger partial charge in [0.05, 0.1) is 12.8 Å². The van der Waals surface area contributed by atoms with Crippen molar-refractivity contribution in [2.45, 2.75) is 18.6 Å². The van der Waals surface area contributed by atoms with Gasteiger partial charge in [-0.1, -0.05) is 0 Å². The predicted octanol–water partition coefficient (Wildman–Crippen LogP) is 3.36. The van der Waals surface area contributed by atoms with Crippen LogP contribution in [0.5, 0.6) is 5.75 Å². The molecular formula is C15H20N2O2S2. The zero-order valence-corrected chi connectivity index (χ0v) is 14.3. The van der Waals surface area contributed by atoms with E-state index in [1.165, 1.54) is 11.3 Å². The molecule has 0 saturated carbocycles. The summed E-state index contributed by atoms with van der Waals surface area (Å²) in [5, 5.41) is 3.86. The number of carbonyl (C=O) groups is 1. The molecule has 2 aromatic rings. The van der Waals surface area contributed by atoms with E-state index in [2.05, 4.69) is 19.2 Å². The molecule has 0 atom stereocenters. The second-order valence-electron chi connectivity index (χ2n) is 5.35. The van der Waals surface area contributed by atoms with Gasteiger partial charge in [0.2, 0.25) is 0 Å². The van der Waals surface area contributed by atoms with Crippen LogP contribution in [-0.2, 0) is 0 Å². The summed E-state index contributed by atoms with van der Waals surface area (Å²) in [5.74, 6) is 0.647. The Hall–Kier alpha value is -1.40. The maximum Gasteiger partial charge on any atom is 0.263 e. The number of rotatable bonds is 5. The number of thioether (sulfide) groups is 1. The summed E-state index contributed by atoms with van der Waals surface area (Å²) in [6, 6.07) is 5.64. The Bertz CT molecular complexity index is 665. The van der Waals surface area contributed by atoms with E-state index < -0.39 is 0 Å². The van der Waals surface area contributed by atoms with Crippen LogP contribution in [-0.4, -0.2) is 30.6 Å². The van der Waals surface area contributed by atoms with Crippen molar-refractivity contribution in [3.63, 3.8) is 0 Å². The first kappa shape index (κ1) is 16.0. The molecule has 0 spiro atoms. The van der Waals surface area contributed by atoms with Crippen LogP contribution >= 0.6 is 23.1 Å². The van der Waals surface area contributed by atoms with Gasteiger partial charge in [-0.2, -0.15) is 11.8 Å². The number of nitrogen functional groups attached to an aromatic ring is 1. The summed E-state index contributed by atoms with van der Waals surface area (Å²) in [6.07, 6.45) is 2.03. The number of fused-ring (bicyclic) bond motifs is 1. The topological polar surface area (TPSA) is 64.3 Å². The van der Waals surface area contributed by atoms with Gasteiger partial charge >= 0.3 is 0 Å². The van der Waals surface area contributed by atoms with Crippen LogP contribution in [0.4, 0.5) is 5.69 Å². The quantitative estimate of drug-likeness (QED) is 0.885. The van der Waals surface area contributed by atoms with Crippen LogP contribution < -0.4 is 15.8 Å². The minimum atomic E-state index is -0.116. The van der Waals surface area contributed by atoms with Crippen LogP contribution in [0.2, 0.25) is 0 Å². The Morgan fingerprint density at radius 1 is 1.48 bits per heavy atom. The number of benzene rings is 1. The molecular weight excluding hydrogens is 304 g/mol. The van der Waals surface area contributed by atoms with Crippen molar-refractivity contribution in [3.8, 4) is 5.75 Å². The molecule has 6 heteroatoms. The van der Waals surface area contributed by atoms with Crippen molar-refractivity contribution in [3.05, 3.63) is 23.1 Å². The Kier molecular flexibility index (Phi) is 4.68. The molecule has 1 amide bonds. The van der Waals surface area contributed by atoms with E-state index in [1.807, 2.05) is 24.5 Å². The number of amides is 1. The zero-order chi connectivity index (χ0) is 15.6. The van der Waals surface area contributed by atoms with Crippen LogP contribution in [0.15, 0.2) is 18.2 Å². The summed E-state index contributed by atoms with van der Waals surface area (Å²) in [6.45, 7) is 4.79. The lowest BCUT2D eigenvalue weighted by Gasteiger charge is -2.22. The van der Waals surface area contributed by atoms with E-state index in [-0.39, 0.29) is 10.7 Å². The molecule has 0 bridgehead atoms. The third-order valence-electron chi connectivity index (χ3n) is 3.37. The van der Waals surface area contributed by atoms with Gasteiger partial charge in [-0.15, -0.1) is 11.3 Å². The number of hydrogen-bond donors (Lipinski definition) is 2. The van der Waals surface area contributed by atoms with Gasteiger partial charge in [0, 0.05) is 21.4 Å². The standard InChI is InChI=1S/C15H20N2O2S2/c1-15(2,20-4)8-17-14(18)13-12(16)10-6-5-9(19-3)7-11(10)21-13/h5-7H,8,16H2,1-4H3,(H,17,18). The Labute approximate surface area is 133 Å². The highest BCUT2D eigenvalue weighted by molar-refractivity contribution is 7.99. The molecule has 1 heterocycles. The highest BCUT2D eigenvalue weighted by atomic mass is 32.2. The lowest BCUT2D eigenvalue weighted by atomic mass is 10.2. The number of nitrogens with one attached hydrogen (secondary N) is 1. The molecule has 0 saturated heterocycles. The molecule has 0 radical (unpaired) electrons. The van der Waals surface area contributed by atoms with Crippen molar-refractivity contribution in [2.75, 3.05) is 25.6 Å². The Morgan fingerprint density at radius 3 is 2.81 bits per heavy atom. The van der Waals surface area contributed by atoms with Gasteiger partial charge in [0.15, 0.2) is 0 Å². The van der Waals surface area contributed by atoms with Crippen molar-refractivity contribution in [1.82, 2.24) is 5.32 Å². The lowest BCUT2D eigenvalue weighted by Crippen LogP contribution is -2.35. The normalized spacial score (nSPS) is 11.6. The number of hydrogen-bond acceptors (Lipinski definition) is 5. The fraction of sp³-hybridized carbons (Fsp3) is 0.400. The third-order valence-corrected chi connectivity index (χ3v) is 5.79. The van der Waals surface area contributed by atoms with Gasteiger partial charge in [-0.3, -0.25) is 4.79 Å². The second kappa shape index (κ2) is 6.15. The van der Waals surface area contributed by atoms with Gasteiger partial charge < -0.3 is 15.8 Å². The third kappa shape index (κ3) is 3.44. The van der Waals surface area contributed by atoms with Gasteiger partial charge in [-0.25, -0.2) is 0 Å². The average Bonchev–Trinajstić information content (AvgIpc) is 2.81. The van der Waals surface area contributed by atoms with E-state index in [1.54, 1.807) is 18.9 Å². The van der Waals surface area contributed by atoms with Crippen molar-refractivity contribution in [1.29, 1.82) is 0 Å². The molecule has 4 nitrogen and oxygen atoms in total. The number of ether oxygens (including phenoxy) is 1. The minimum absolute atomic E-state index is 0.00429. The van der Waals surface area contributed by atoms with Crippen molar-refractivity contribution >= 4 is 44.8 Å². The first-order valence-electron chi connectivity index (χ1n) is 6.57. The number of thiophene rings is 1. The molecule has 3 N–H and O–H groups in total. The molecule has 0 aliphatic rings. The molecule has 0 fully saturated rings. The number of methoxy groups -OCH3 is 1. The zero-order valence-electron chi connectivity index (χ0n) is 12.6. The highest BCUT2D eigenvalue weighted by Gasteiger charge is 2.21. The molecule has 0 aliphatic heterocycles. The molecule has 1 aromatic heterocycles. The van der Waals surface area contributed by atoms with E-state index in [4.69, 9.17) is 10.5 Å². The number of carbonyl (C=O) groups excluding carboxylic acids is 1. The van der Waals surface area contributed by atoms with E-state index in [0.29, 0.717) is 17.1 Å². The highest BCUT2D eigenvalue weighted by Crippen LogP contribution is 2.35. The summed E-state index contributed by atoms with van der Waals surface area (Å²) >= 11 is 3.12. The SMILES string of the molecule is COc1ccc2c(N)c(C(=O)NCC(C)(C)SC)sc2c1. The Morgan fingerprint density at radius 2 is 2.19 bits per heavy atom. The van der Waals surface area contributed by atoms with Crippen molar-refractivity contribution < 1.29 is 9.53 Å². The molecule has 0 aliphatic carbocycles. The van der Waals surface area contributed by atoms with Crippen LogP contribution in [0.1, 0.15) is 23.5 Å². The maximum atomic E-state index is 12.3. The van der Waals surface area contributed by atoms with Crippen molar-refractivity contribution in [2.24, 2.45) is 0 Å². The molecule has 114 valence electrons. The largest absolute Gasteiger partial charge is 0.497 e. The summed E-state index contributed by atoms with van der Waals surface area (Å²) in [5.41, 5.74) is 6.65. The fourth-order valence-electron chi connectivity index (χ4n) is 1.84. The lowest BCUT2D eigenvalue weighted by molar-refractivity contribution is 0.0955. The van der Waals surface area contributed by atoms with Crippen LogP contribution in [0.25, 0.3) is 10.1 Å². The minimum Gasteiger partial charge on any atom is -0.497 e. The first-order valence-corrected chi connectivity index (χ1v) is 8.61. The predicted molar refractivity (Wildman–Crippen MR) is 92.7 cm³/mol. The van der Waals surface area contributed by atoms with Crippen LogP contribution in [0.3, 0.4) is 0 Å². The van der Waals surface area contributed by atoms with Gasteiger partial charge in [0.25, 0.3) is 5.91 Å². The smallest absolute Gasteiger partial charge is 0.263 e.